The van der Waals surface area contributed by atoms with Gasteiger partial charge in [-0.1, -0.05) is 30.3 Å². The molecule has 1 aliphatic rings. The maximum atomic E-state index is 12.5. The van der Waals surface area contributed by atoms with E-state index in [2.05, 4.69) is 0 Å². The van der Waals surface area contributed by atoms with Gasteiger partial charge in [-0.2, -0.15) is 0 Å². The van der Waals surface area contributed by atoms with Crippen LogP contribution in [0.3, 0.4) is 0 Å². The smallest absolute Gasteiger partial charge is 0.251 e. The summed E-state index contributed by atoms with van der Waals surface area (Å²) in [5, 5.41) is 9.14. The van der Waals surface area contributed by atoms with Crippen molar-refractivity contribution in [2.24, 2.45) is 5.41 Å². The van der Waals surface area contributed by atoms with Crippen LogP contribution in [0.5, 0.6) is 0 Å². The number of carbonyl (C=O) groups excluding carboxylic acids is 1. The predicted octanol–water partition coefficient (Wildman–Crippen LogP) is 1.02. The van der Waals surface area contributed by atoms with Crippen LogP contribution in [0.1, 0.15) is 19.3 Å². The molecule has 1 amide bonds. The minimum Gasteiger partial charge on any atom is -0.315 e. The second-order valence-corrected chi connectivity index (χ2v) is 8.02. The molecule has 0 aliphatic carbocycles. The van der Waals surface area contributed by atoms with E-state index in [0.29, 0.717) is 25.8 Å². The van der Waals surface area contributed by atoms with Crippen LogP contribution in [0.15, 0.2) is 53.5 Å². The van der Waals surface area contributed by atoms with Gasteiger partial charge in [-0.25, -0.2) is 18.2 Å². The number of piperidine rings is 1. The Labute approximate surface area is 164 Å². The van der Waals surface area contributed by atoms with Gasteiger partial charge >= 0.3 is 0 Å². The summed E-state index contributed by atoms with van der Waals surface area (Å²) in [6.07, 6.45) is 2.60. The van der Waals surface area contributed by atoms with Crippen molar-refractivity contribution in [3.63, 3.8) is 0 Å². The van der Waals surface area contributed by atoms with Crippen molar-refractivity contribution in [2.45, 2.75) is 25.8 Å². The van der Waals surface area contributed by atoms with E-state index in [1.54, 1.807) is 17.7 Å². The zero-order valence-corrected chi connectivity index (χ0v) is 16.2. The molecule has 1 aliphatic heterocycles. The van der Waals surface area contributed by atoms with Crippen LogP contribution in [0.2, 0.25) is 0 Å². The van der Waals surface area contributed by atoms with Crippen LogP contribution in [0.25, 0.3) is 11.1 Å². The molecule has 9 heteroatoms. The van der Waals surface area contributed by atoms with Gasteiger partial charge in [0.15, 0.2) is 0 Å². The van der Waals surface area contributed by atoms with Crippen LogP contribution in [-0.2, 0) is 22.2 Å². The van der Waals surface area contributed by atoms with E-state index in [-0.39, 0.29) is 18.6 Å². The number of thiol groups is 1. The quantitative estimate of drug-likeness (QED) is 0.378. The highest BCUT2D eigenvalue weighted by atomic mass is 32.2. The van der Waals surface area contributed by atoms with Crippen molar-refractivity contribution in [3.8, 4) is 11.1 Å². The highest BCUT2D eigenvalue weighted by Gasteiger charge is 2.41. The first-order valence-corrected chi connectivity index (χ1v) is 10.2. The first-order chi connectivity index (χ1) is 13.4. The molecule has 1 fully saturated rings. The molecule has 2 N–H and O–H groups in total. The van der Waals surface area contributed by atoms with E-state index in [0.717, 1.165) is 11.1 Å². The van der Waals surface area contributed by atoms with Crippen molar-refractivity contribution in [1.29, 1.82) is 0 Å². The lowest BCUT2D eigenvalue weighted by molar-refractivity contribution is -0.142. The van der Waals surface area contributed by atoms with E-state index < -0.39 is 22.2 Å². The van der Waals surface area contributed by atoms with Gasteiger partial charge in [-0.3, -0.25) is 14.8 Å². The standard InChI is InChI=1S/C19H23N3O5S/c23-17-14-16(15-4-2-1-3-5-15)6-10-21(17)11-7-19(18(24)20-25)8-12-22(13-9-19)28(26)27/h1-6,10,14,25,28H,7-9,11-13H2,(H,20,24). The van der Waals surface area contributed by atoms with Crippen molar-refractivity contribution < 1.29 is 18.4 Å². The molecule has 8 nitrogen and oxygen atoms in total. The van der Waals surface area contributed by atoms with Crippen molar-refractivity contribution in [1.82, 2.24) is 14.4 Å². The largest absolute Gasteiger partial charge is 0.315 e. The fraction of sp³-hybridized carbons (Fsp3) is 0.368. The summed E-state index contributed by atoms with van der Waals surface area (Å²) >= 11 is 0. The van der Waals surface area contributed by atoms with Crippen LogP contribution in [0, 0.1) is 5.41 Å². The summed E-state index contributed by atoms with van der Waals surface area (Å²) in [6, 6.07) is 13.0. The predicted molar refractivity (Wildman–Crippen MR) is 104 cm³/mol. The summed E-state index contributed by atoms with van der Waals surface area (Å²) < 4.78 is 25.1. The Balaban J connectivity index is 1.75. The molecule has 0 bridgehead atoms. The molecule has 0 unspecified atom stereocenters. The van der Waals surface area contributed by atoms with Gasteiger partial charge in [0.25, 0.3) is 5.56 Å². The first kappa shape index (κ1) is 20.2. The number of nitrogens with one attached hydrogen (secondary N) is 1. The van der Waals surface area contributed by atoms with Crippen LogP contribution < -0.4 is 11.0 Å². The third-order valence-electron chi connectivity index (χ3n) is 5.45. The molecule has 150 valence electrons. The lowest BCUT2D eigenvalue weighted by Gasteiger charge is -2.38. The van der Waals surface area contributed by atoms with E-state index in [4.69, 9.17) is 5.21 Å². The highest BCUT2D eigenvalue weighted by Crippen LogP contribution is 2.36. The lowest BCUT2D eigenvalue weighted by atomic mass is 9.75. The van der Waals surface area contributed by atoms with Crippen LogP contribution in [0.4, 0.5) is 0 Å². The van der Waals surface area contributed by atoms with E-state index in [9.17, 15) is 18.0 Å². The Morgan fingerprint density at radius 1 is 1.11 bits per heavy atom. The number of amides is 1. The maximum Gasteiger partial charge on any atom is 0.251 e. The molecule has 0 radical (unpaired) electrons. The number of carbonyl (C=O) groups is 1. The van der Waals surface area contributed by atoms with E-state index >= 15 is 0 Å². The van der Waals surface area contributed by atoms with E-state index in [1.165, 1.54) is 8.87 Å². The van der Waals surface area contributed by atoms with Gasteiger partial charge in [-0.15, -0.1) is 0 Å². The Kier molecular flexibility index (Phi) is 6.28. The van der Waals surface area contributed by atoms with Gasteiger partial charge < -0.3 is 4.57 Å². The van der Waals surface area contributed by atoms with E-state index in [1.807, 2.05) is 36.4 Å². The molecule has 0 spiro atoms. The normalized spacial score (nSPS) is 16.8. The second kappa shape index (κ2) is 8.68. The summed E-state index contributed by atoms with van der Waals surface area (Å²) in [7, 11) is -2.68. The minimum absolute atomic E-state index is 0.180. The molecule has 0 saturated carbocycles. The Bertz CT molecular complexity index is 955. The molecule has 1 aromatic carbocycles. The van der Waals surface area contributed by atoms with Gasteiger partial charge in [-0.05, 0) is 36.5 Å². The summed E-state index contributed by atoms with van der Waals surface area (Å²) in [5.41, 5.74) is 2.38. The van der Waals surface area contributed by atoms with Gasteiger partial charge in [0.1, 0.15) is 0 Å². The minimum atomic E-state index is -2.68. The molecule has 1 saturated heterocycles. The Morgan fingerprint density at radius 2 is 1.79 bits per heavy atom. The fourth-order valence-electron chi connectivity index (χ4n) is 3.63. The fourth-order valence-corrected chi connectivity index (χ4v) is 4.16. The highest BCUT2D eigenvalue weighted by molar-refractivity contribution is 7.69. The summed E-state index contributed by atoms with van der Waals surface area (Å²) in [5.74, 6) is -0.540. The Hall–Kier alpha value is -2.49. The van der Waals surface area contributed by atoms with Gasteiger partial charge in [0, 0.05) is 31.9 Å². The number of rotatable bonds is 6. The van der Waals surface area contributed by atoms with Crippen LogP contribution in [-0.4, -0.2) is 41.5 Å². The Morgan fingerprint density at radius 3 is 2.36 bits per heavy atom. The van der Waals surface area contributed by atoms with Crippen molar-refractivity contribution in [3.05, 3.63) is 59.0 Å². The molecule has 0 atom stereocenters. The third kappa shape index (κ3) is 4.32. The topological polar surface area (TPSA) is 109 Å². The number of aryl methyl sites for hydroxylation is 1. The second-order valence-electron chi connectivity index (χ2n) is 6.98. The van der Waals surface area contributed by atoms with Crippen LogP contribution >= 0.6 is 0 Å². The number of aromatic nitrogens is 1. The molecule has 1 aromatic heterocycles. The molecule has 28 heavy (non-hydrogen) atoms. The maximum absolute atomic E-state index is 12.5. The van der Waals surface area contributed by atoms with Gasteiger partial charge in [0.05, 0.1) is 5.41 Å². The number of hydrogen-bond donors (Lipinski definition) is 3. The monoisotopic (exact) mass is 405 g/mol. The van der Waals surface area contributed by atoms with Crippen molar-refractivity contribution >= 4 is 16.8 Å². The number of benzene rings is 1. The van der Waals surface area contributed by atoms with Crippen molar-refractivity contribution in [2.75, 3.05) is 13.1 Å². The summed E-state index contributed by atoms with van der Waals surface area (Å²) in [6.45, 7) is 0.729. The lowest BCUT2D eigenvalue weighted by Crippen LogP contribution is -2.48. The number of pyridine rings is 1. The average Bonchev–Trinajstić information content (AvgIpc) is 2.73. The third-order valence-corrected chi connectivity index (χ3v) is 6.31. The first-order valence-electron chi connectivity index (χ1n) is 9.05. The number of hydrogen-bond acceptors (Lipinski definition) is 5. The average molecular weight is 405 g/mol. The zero-order valence-electron chi connectivity index (χ0n) is 15.3. The molecule has 2 heterocycles. The molecule has 2 aromatic rings. The number of nitrogens with zero attached hydrogens (tertiary/aromatic N) is 2. The SMILES string of the molecule is O=C(NO)C1(CCn2ccc(-c3ccccc3)cc2=O)CCN([SH](=O)=O)CC1. The molecule has 3 rings (SSSR count). The molecular weight excluding hydrogens is 382 g/mol. The summed E-state index contributed by atoms with van der Waals surface area (Å²) in [4.78, 5) is 24.8. The van der Waals surface area contributed by atoms with Gasteiger partial charge in [0.2, 0.25) is 16.8 Å². The zero-order chi connectivity index (χ0) is 20.1. The number of hydroxylamine groups is 1. The molecular formula is C19H23N3O5S.